The SMILES string of the molecule is Cc1nsc(-c2nc(N3CCCOC3=O)c3n2CCN(C(=O)c2ccc(F)cc2)[C@@H]3C)n1. The minimum atomic E-state index is -0.452. The van der Waals surface area contributed by atoms with Gasteiger partial charge in [-0.05, 0) is 56.1 Å². The molecule has 4 heterocycles. The van der Waals surface area contributed by atoms with Crippen molar-refractivity contribution in [3.8, 4) is 10.8 Å². The molecule has 2 aromatic heterocycles. The molecule has 1 saturated heterocycles. The van der Waals surface area contributed by atoms with Gasteiger partial charge in [0.2, 0.25) is 0 Å². The van der Waals surface area contributed by atoms with E-state index in [1.54, 1.807) is 4.90 Å². The van der Waals surface area contributed by atoms with E-state index in [2.05, 4.69) is 9.36 Å². The normalized spacial score (nSPS) is 18.5. The Hall–Kier alpha value is -3.34. The van der Waals surface area contributed by atoms with Crippen LogP contribution in [-0.4, -0.2) is 55.5 Å². The number of ether oxygens (including phenoxy) is 1. The molecule has 0 N–H and O–H groups in total. The van der Waals surface area contributed by atoms with E-state index in [4.69, 9.17) is 9.72 Å². The van der Waals surface area contributed by atoms with Gasteiger partial charge in [-0.3, -0.25) is 9.69 Å². The van der Waals surface area contributed by atoms with Crippen LogP contribution in [0.2, 0.25) is 0 Å². The summed E-state index contributed by atoms with van der Waals surface area (Å²) in [6, 6.07) is 5.14. The Morgan fingerprint density at radius 3 is 2.66 bits per heavy atom. The molecule has 0 bridgehead atoms. The first-order valence-corrected chi connectivity index (χ1v) is 11.1. The predicted octanol–water partition coefficient (Wildman–Crippen LogP) is 3.41. The van der Waals surface area contributed by atoms with E-state index >= 15 is 0 Å². The van der Waals surface area contributed by atoms with Gasteiger partial charge in [0.15, 0.2) is 16.6 Å². The molecule has 2 amide bonds. The monoisotopic (exact) mass is 456 g/mol. The number of cyclic esters (lactones) is 1. The van der Waals surface area contributed by atoms with Crippen LogP contribution in [0.1, 0.15) is 41.3 Å². The molecule has 2 aliphatic rings. The molecule has 0 spiro atoms. The van der Waals surface area contributed by atoms with Gasteiger partial charge in [0.05, 0.1) is 18.3 Å². The molecule has 0 saturated carbocycles. The number of benzene rings is 1. The van der Waals surface area contributed by atoms with Gasteiger partial charge >= 0.3 is 6.09 Å². The van der Waals surface area contributed by atoms with Crippen molar-refractivity contribution in [2.45, 2.75) is 32.9 Å². The summed E-state index contributed by atoms with van der Waals surface area (Å²) < 4.78 is 24.8. The third kappa shape index (κ3) is 3.42. The second kappa shape index (κ2) is 7.97. The maximum Gasteiger partial charge on any atom is 0.415 e. The van der Waals surface area contributed by atoms with Gasteiger partial charge in [0, 0.05) is 25.2 Å². The lowest BCUT2D eigenvalue weighted by Crippen LogP contribution is -2.43. The topological polar surface area (TPSA) is 93.5 Å². The molecule has 9 nitrogen and oxygen atoms in total. The number of hydrogen-bond donors (Lipinski definition) is 0. The van der Waals surface area contributed by atoms with Crippen LogP contribution >= 0.6 is 11.5 Å². The highest BCUT2D eigenvalue weighted by Crippen LogP contribution is 2.39. The van der Waals surface area contributed by atoms with Gasteiger partial charge in [-0.15, -0.1) is 0 Å². The molecule has 2 aliphatic heterocycles. The van der Waals surface area contributed by atoms with Crippen molar-refractivity contribution >= 4 is 29.4 Å². The molecule has 0 unspecified atom stereocenters. The van der Waals surface area contributed by atoms with Crippen molar-refractivity contribution in [3.05, 3.63) is 47.2 Å². The van der Waals surface area contributed by atoms with E-state index in [1.807, 2.05) is 18.4 Å². The van der Waals surface area contributed by atoms with E-state index in [0.717, 1.165) is 5.69 Å². The number of aromatic nitrogens is 4. The van der Waals surface area contributed by atoms with Crippen LogP contribution in [0.5, 0.6) is 0 Å². The smallest absolute Gasteiger partial charge is 0.415 e. The van der Waals surface area contributed by atoms with Gasteiger partial charge in [-0.25, -0.2) is 19.2 Å². The summed E-state index contributed by atoms with van der Waals surface area (Å²) in [5.41, 5.74) is 1.15. The molecule has 0 aliphatic carbocycles. The predicted molar refractivity (Wildman–Crippen MR) is 115 cm³/mol. The van der Waals surface area contributed by atoms with Crippen molar-refractivity contribution in [1.82, 2.24) is 23.8 Å². The second-order valence-corrected chi connectivity index (χ2v) is 8.50. The van der Waals surface area contributed by atoms with Gasteiger partial charge in [0.25, 0.3) is 5.91 Å². The molecule has 166 valence electrons. The number of hydrogen-bond acceptors (Lipinski definition) is 7. The largest absolute Gasteiger partial charge is 0.449 e. The van der Waals surface area contributed by atoms with Gasteiger partial charge in [-0.1, -0.05) is 0 Å². The van der Waals surface area contributed by atoms with Crippen molar-refractivity contribution in [2.24, 2.45) is 0 Å². The fourth-order valence-corrected chi connectivity index (χ4v) is 4.84. The summed E-state index contributed by atoms with van der Waals surface area (Å²) in [4.78, 5) is 38.2. The average Bonchev–Trinajstić information content (AvgIpc) is 3.38. The molecule has 0 radical (unpaired) electrons. The molecule has 3 aromatic rings. The fraction of sp³-hybridized carbons (Fsp3) is 0.381. The number of aryl methyl sites for hydroxylation is 1. The quantitative estimate of drug-likeness (QED) is 0.600. The first-order valence-electron chi connectivity index (χ1n) is 10.4. The maximum atomic E-state index is 13.3. The van der Waals surface area contributed by atoms with Crippen LogP contribution in [0.25, 0.3) is 10.8 Å². The Balaban J connectivity index is 1.58. The Morgan fingerprint density at radius 1 is 1.19 bits per heavy atom. The number of carbonyl (C=O) groups excluding carboxylic acids is 2. The number of halogens is 1. The zero-order valence-electron chi connectivity index (χ0n) is 17.6. The van der Waals surface area contributed by atoms with E-state index in [1.165, 1.54) is 40.7 Å². The van der Waals surface area contributed by atoms with Crippen molar-refractivity contribution in [2.75, 3.05) is 24.6 Å². The number of imidazole rings is 1. The van der Waals surface area contributed by atoms with Gasteiger partial charge in [0.1, 0.15) is 11.6 Å². The lowest BCUT2D eigenvalue weighted by atomic mass is 10.1. The molecular weight excluding hydrogens is 435 g/mol. The Labute approximate surface area is 187 Å². The summed E-state index contributed by atoms with van der Waals surface area (Å²) in [7, 11) is 0. The molecule has 5 rings (SSSR count). The first kappa shape index (κ1) is 20.6. The number of anilines is 1. The number of carbonyl (C=O) groups is 2. The third-order valence-corrected chi connectivity index (χ3v) is 6.52. The third-order valence-electron chi connectivity index (χ3n) is 5.71. The van der Waals surface area contributed by atoms with Crippen LogP contribution in [0.4, 0.5) is 15.0 Å². The van der Waals surface area contributed by atoms with E-state index < -0.39 is 11.9 Å². The minimum Gasteiger partial charge on any atom is -0.449 e. The van der Waals surface area contributed by atoms with Crippen LogP contribution in [-0.2, 0) is 11.3 Å². The minimum absolute atomic E-state index is 0.203. The van der Waals surface area contributed by atoms with Crippen molar-refractivity contribution < 1.29 is 18.7 Å². The Kier molecular flexibility index (Phi) is 5.12. The maximum absolute atomic E-state index is 13.3. The van der Waals surface area contributed by atoms with E-state index in [9.17, 15) is 14.0 Å². The Bertz CT molecular complexity index is 1190. The van der Waals surface area contributed by atoms with E-state index in [0.29, 0.717) is 60.7 Å². The Morgan fingerprint density at radius 2 is 1.97 bits per heavy atom. The van der Waals surface area contributed by atoms with Gasteiger partial charge in [-0.2, -0.15) is 4.37 Å². The van der Waals surface area contributed by atoms with Crippen LogP contribution < -0.4 is 4.90 Å². The molecular formula is C21H21FN6O3S. The average molecular weight is 457 g/mol. The standard InChI is InChI=1S/C21H21FN6O3S/c1-12-16-17(28-8-3-11-31-21(28)30)24-18(19-23-13(2)25-32-19)27(16)10-9-26(12)20(29)14-4-6-15(22)7-5-14/h4-7,12H,3,8-11H2,1-2H3/t12-/m1/s1. The highest BCUT2D eigenvalue weighted by atomic mass is 32.1. The van der Waals surface area contributed by atoms with Gasteiger partial charge < -0.3 is 14.2 Å². The second-order valence-electron chi connectivity index (χ2n) is 7.74. The van der Waals surface area contributed by atoms with Crippen LogP contribution in [0.3, 0.4) is 0 Å². The lowest BCUT2D eigenvalue weighted by Gasteiger charge is -2.36. The summed E-state index contributed by atoms with van der Waals surface area (Å²) >= 11 is 1.25. The number of nitrogens with zero attached hydrogens (tertiary/aromatic N) is 6. The van der Waals surface area contributed by atoms with Crippen molar-refractivity contribution in [3.63, 3.8) is 0 Å². The summed E-state index contributed by atoms with van der Waals surface area (Å²) in [6.07, 6.45) is 0.240. The summed E-state index contributed by atoms with van der Waals surface area (Å²) in [5.74, 6) is 1.15. The first-order chi connectivity index (χ1) is 15.4. The molecule has 1 aromatic carbocycles. The number of rotatable bonds is 3. The number of amides is 2. The van der Waals surface area contributed by atoms with Crippen LogP contribution in [0.15, 0.2) is 24.3 Å². The number of fused-ring (bicyclic) bond motifs is 1. The lowest BCUT2D eigenvalue weighted by molar-refractivity contribution is 0.0645. The molecule has 32 heavy (non-hydrogen) atoms. The fourth-order valence-electron chi connectivity index (χ4n) is 4.17. The molecule has 1 fully saturated rings. The molecule has 1 atom stereocenters. The highest BCUT2D eigenvalue weighted by Gasteiger charge is 2.38. The van der Waals surface area contributed by atoms with E-state index in [-0.39, 0.29) is 11.9 Å². The molecule has 11 heteroatoms. The zero-order chi connectivity index (χ0) is 22.4. The highest BCUT2D eigenvalue weighted by molar-refractivity contribution is 7.09. The van der Waals surface area contributed by atoms with Crippen molar-refractivity contribution in [1.29, 1.82) is 0 Å². The van der Waals surface area contributed by atoms with Crippen LogP contribution in [0, 0.1) is 12.7 Å². The summed E-state index contributed by atoms with van der Waals surface area (Å²) in [5, 5.41) is 0.658. The zero-order valence-corrected chi connectivity index (χ0v) is 18.4. The summed E-state index contributed by atoms with van der Waals surface area (Å²) in [6.45, 7) is 5.50.